The fourth-order valence-electron chi connectivity index (χ4n) is 3.78. The topological polar surface area (TPSA) is 30.7 Å². The summed E-state index contributed by atoms with van der Waals surface area (Å²) in [6.45, 7) is 7.95. The predicted octanol–water partition coefficient (Wildman–Crippen LogP) is 3.88. The molecule has 1 saturated carbocycles. The zero-order valence-corrected chi connectivity index (χ0v) is 13.3. The lowest BCUT2D eigenvalue weighted by Crippen LogP contribution is -2.28. The van der Waals surface area contributed by atoms with Crippen molar-refractivity contribution in [3.63, 3.8) is 0 Å². The summed E-state index contributed by atoms with van der Waals surface area (Å²) in [5.74, 6) is 1.41. The van der Waals surface area contributed by atoms with E-state index in [1.165, 1.54) is 30.4 Å². The maximum absolute atomic E-state index is 4.30. The second-order valence-corrected chi connectivity index (χ2v) is 7.20. The van der Waals surface area contributed by atoms with E-state index in [0.717, 1.165) is 12.5 Å². The van der Waals surface area contributed by atoms with Gasteiger partial charge in [0.05, 0.1) is 0 Å². The lowest BCUT2D eigenvalue weighted by molar-refractivity contribution is 0.183. The normalized spacial score (nSPS) is 24.3. The predicted molar refractivity (Wildman–Crippen MR) is 84.9 cm³/mol. The van der Waals surface area contributed by atoms with Crippen LogP contribution in [0.1, 0.15) is 37.8 Å². The van der Waals surface area contributed by atoms with E-state index < -0.39 is 0 Å². The Bertz CT molecular complexity index is 569. The average Bonchev–Trinajstić information content (AvgIpc) is 3.05. The summed E-state index contributed by atoms with van der Waals surface area (Å²) in [6.07, 6.45) is 7.29. The van der Waals surface area contributed by atoms with Gasteiger partial charge < -0.3 is 0 Å². The van der Waals surface area contributed by atoms with Crippen LogP contribution >= 0.6 is 0 Å². The summed E-state index contributed by atoms with van der Waals surface area (Å²) >= 11 is 0. The van der Waals surface area contributed by atoms with Crippen LogP contribution in [-0.4, -0.2) is 14.8 Å². The van der Waals surface area contributed by atoms with Crippen LogP contribution < -0.4 is 0 Å². The number of hydrogen-bond donors (Lipinski definition) is 0. The molecule has 0 saturated heterocycles. The molecule has 0 bridgehead atoms. The van der Waals surface area contributed by atoms with Gasteiger partial charge in [-0.15, -0.1) is 0 Å². The molecule has 1 aliphatic rings. The maximum atomic E-state index is 4.30. The SMILES string of the molecule is Cc1ccc(CC2CCC(C)(C)C2Cn2cncn2)cc1. The molecule has 0 N–H and O–H groups in total. The van der Waals surface area contributed by atoms with E-state index in [1.54, 1.807) is 6.33 Å². The molecule has 2 unspecified atom stereocenters. The van der Waals surface area contributed by atoms with Gasteiger partial charge in [0.1, 0.15) is 12.7 Å². The van der Waals surface area contributed by atoms with Gasteiger partial charge in [0.2, 0.25) is 0 Å². The van der Waals surface area contributed by atoms with Crippen molar-refractivity contribution in [3.05, 3.63) is 48.0 Å². The standard InChI is InChI=1S/C18H25N3/c1-14-4-6-15(7-5-14)10-16-8-9-18(2,3)17(16)11-21-13-19-12-20-21/h4-7,12-13,16-17H,8-11H2,1-3H3. The van der Waals surface area contributed by atoms with Gasteiger partial charge in [-0.3, -0.25) is 4.68 Å². The highest BCUT2D eigenvalue weighted by Gasteiger charge is 2.41. The molecule has 1 heterocycles. The molecular weight excluding hydrogens is 258 g/mol. The van der Waals surface area contributed by atoms with Crippen LogP contribution in [0.25, 0.3) is 0 Å². The number of rotatable bonds is 4. The molecular formula is C18H25N3. The van der Waals surface area contributed by atoms with E-state index in [4.69, 9.17) is 0 Å². The number of hydrogen-bond acceptors (Lipinski definition) is 2. The zero-order chi connectivity index (χ0) is 14.9. The quantitative estimate of drug-likeness (QED) is 0.852. The van der Waals surface area contributed by atoms with Crippen LogP contribution in [0.5, 0.6) is 0 Å². The molecule has 3 heteroatoms. The molecule has 112 valence electrons. The minimum absolute atomic E-state index is 0.390. The van der Waals surface area contributed by atoms with E-state index in [0.29, 0.717) is 11.3 Å². The summed E-state index contributed by atoms with van der Waals surface area (Å²) in [4.78, 5) is 4.08. The Balaban J connectivity index is 1.75. The smallest absolute Gasteiger partial charge is 0.137 e. The van der Waals surface area contributed by atoms with E-state index in [-0.39, 0.29) is 0 Å². The van der Waals surface area contributed by atoms with E-state index >= 15 is 0 Å². The van der Waals surface area contributed by atoms with Crippen molar-refractivity contribution in [3.8, 4) is 0 Å². The third kappa shape index (κ3) is 3.17. The Labute approximate surface area is 127 Å². The van der Waals surface area contributed by atoms with Crippen molar-refractivity contribution in [1.29, 1.82) is 0 Å². The lowest BCUT2D eigenvalue weighted by Gasteiger charge is -2.30. The van der Waals surface area contributed by atoms with Crippen molar-refractivity contribution in [2.45, 2.75) is 46.6 Å². The third-order valence-corrected chi connectivity index (χ3v) is 5.20. The highest BCUT2D eigenvalue weighted by molar-refractivity contribution is 5.22. The summed E-state index contributed by atoms with van der Waals surface area (Å²) in [5.41, 5.74) is 3.19. The van der Waals surface area contributed by atoms with Gasteiger partial charge in [-0.1, -0.05) is 43.7 Å². The molecule has 2 aromatic rings. The second kappa shape index (κ2) is 5.63. The molecule has 0 spiro atoms. The molecule has 21 heavy (non-hydrogen) atoms. The highest BCUT2D eigenvalue weighted by Crippen LogP contribution is 2.48. The van der Waals surface area contributed by atoms with Crippen molar-refractivity contribution < 1.29 is 0 Å². The van der Waals surface area contributed by atoms with Crippen molar-refractivity contribution in [2.75, 3.05) is 0 Å². The minimum Gasteiger partial charge on any atom is -0.253 e. The monoisotopic (exact) mass is 283 g/mol. The van der Waals surface area contributed by atoms with E-state index in [1.807, 2.05) is 11.0 Å². The van der Waals surface area contributed by atoms with Gasteiger partial charge in [0, 0.05) is 6.54 Å². The summed E-state index contributed by atoms with van der Waals surface area (Å²) in [7, 11) is 0. The van der Waals surface area contributed by atoms with E-state index in [2.05, 4.69) is 55.1 Å². The lowest BCUT2D eigenvalue weighted by atomic mass is 9.77. The minimum atomic E-state index is 0.390. The molecule has 1 aromatic carbocycles. The fourth-order valence-corrected chi connectivity index (χ4v) is 3.78. The van der Waals surface area contributed by atoms with Crippen LogP contribution in [0, 0.1) is 24.2 Å². The van der Waals surface area contributed by atoms with Crippen LogP contribution in [0.4, 0.5) is 0 Å². The van der Waals surface area contributed by atoms with Gasteiger partial charge in [0.15, 0.2) is 0 Å². The largest absolute Gasteiger partial charge is 0.253 e. The molecule has 0 aliphatic heterocycles. The van der Waals surface area contributed by atoms with Crippen molar-refractivity contribution >= 4 is 0 Å². The molecule has 0 amide bonds. The molecule has 3 nitrogen and oxygen atoms in total. The maximum Gasteiger partial charge on any atom is 0.137 e. The van der Waals surface area contributed by atoms with E-state index in [9.17, 15) is 0 Å². The summed E-state index contributed by atoms with van der Waals surface area (Å²) < 4.78 is 2.00. The van der Waals surface area contributed by atoms with Gasteiger partial charge >= 0.3 is 0 Å². The first-order valence-electron chi connectivity index (χ1n) is 7.92. The van der Waals surface area contributed by atoms with Crippen molar-refractivity contribution in [2.24, 2.45) is 17.3 Å². The Morgan fingerprint density at radius 1 is 1.24 bits per heavy atom. The molecule has 3 rings (SSSR count). The summed E-state index contributed by atoms with van der Waals surface area (Å²) in [5, 5.41) is 4.30. The first kappa shape index (κ1) is 14.3. The molecule has 1 aliphatic carbocycles. The number of aryl methyl sites for hydroxylation is 1. The fraction of sp³-hybridized carbons (Fsp3) is 0.556. The van der Waals surface area contributed by atoms with Crippen LogP contribution in [0.15, 0.2) is 36.9 Å². The third-order valence-electron chi connectivity index (χ3n) is 5.20. The van der Waals surface area contributed by atoms with Crippen molar-refractivity contribution in [1.82, 2.24) is 14.8 Å². The molecule has 1 aromatic heterocycles. The highest BCUT2D eigenvalue weighted by atomic mass is 15.3. The Morgan fingerprint density at radius 2 is 2.00 bits per heavy atom. The van der Waals surface area contributed by atoms with Crippen LogP contribution in [0.3, 0.4) is 0 Å². The second-order valence-electron chi connectivity index (χ2n) is 7.20. The first-order valence-corrected chi connectivity index (χ1v) is 7.92. The Kier molecular flexibility index (Phi) is 3.83. The number of nitrogens with zero attached hydrogens (tertiary/aromatic N) is 3. The van der Waals surface area contributed by atoms with Gasteiger partial charge in [-0.25, -0.2) is 4.98 Å². The Morgan fingerprint density at radius 3 is 2.67 bits per heavy atom. The van der Waals surface area contributed by atoms with Gasteiger partial charge in [-0.05, 0) is 49.0 Å². The van der Waals surface area contributed by atoms with Gasteiger partial charge in [0.25, 0.3) is 0 Å². The molecule has 0 radical (unpaired) electrons. The zero-order valence-electron chi connectivity index (χ0n) is 13.3. The average molecular weight is 283 g/mol. The number of benzene rings is 1. The first-order chi connectivity index (χ1) is 10.0. The molecule has 2 atom stereocenters. The molecule has 1 fully saturated rings. The van der Waals surface area contributed by atoms with Crippen LogP contribution in [-0.2, 0) is 13.0 Å². The van der Waals surface area contributed by atoms with Crippen LogP contribution in [0.2, 0.25) is 0 Å². The van der Waals surface area contributed by atoms with Gasteiger partial charge in [-0.2, -0.15) is 5.10 Å². The summed E-state index contributed by atoms with van der Waals surface area (Å²) in [6, 6.07) is 9.02. The number of aromatic nitrogens is 3. The Hall–Kier alpha value is -1.64.